The van der Waals surface area contributed by atoms with E-state index in [1.807, 2.05) is 6.07 Å². The third-order valence-electron chi connectivity index (χ3n) is 6.34. The van der Waals surface area contributed by atoms with Crippen LogP contribution in [0.1, 0.15) is 27.9 Å². The molecule has 2 saturated heterocycles. The fourth-order valence-electron chi connectivity index (χ4n) is 4.23. The molecule has 9 nitrogen and oxygen atoms in total. The molecule has 2 aliphatic rings. The highest BCUT2D eigenvalue weighted by molar-refractivity contribution is 7.89. The summed E-state index contributed by atoms with van der Waals surface area (Å²) < 4.78 is 65.0. The van der Waals surface area contributed by atoms with Gasteiger partial charge in [0.25, 0.3) is 5.91 Å². The first kappa shape index (κ1) is 26.6. The summed E-state index contributed by atoms with van der Waals surface area (Å²) in [5.74, 6) is -1.63. The average Bonchev–Trinajstić information content (AvgIpc) is 3.22. The molecule has 2 N–H and O–H groups in total. The maximum absolute atomic E-state index is 13.2. The number of alkyl halides is 3. The van der Waals surface area contributed by atoms with Crippen molar-refractivity contribution in [2.24, 2.45) is 5.92 Å². The largest absolute Gasteiger partial charge is 0.416 e. The van der Waals surface area contributed by atoms with Gasteiger partial charge in [-0.1, -0.05) is 18.2 Å². The molecule has 2 fully saturated rings. The van der Waals surface area contributed by atoms with Crippen molar-refractivity contribution in [3.05, 3.63) is 65.2 Å². The van der Waals surface area contributed by atoms with Gasteiger partial charge in [0.05, 0.1) is 28.6 Å². The summed E-state index contributed by atoms with van der Waals surface area (Å²) in [5.41, 5.74) is -0.394. The van der Waals surface area contributed by atoms with Crippen molar-refractivity contribution in [1.82, 2.24) is 14.5 Å². The second-order valence-electron chi connectivity index (χ2n) is 8.95. The highest BCUT2D eigenvalue weighted by atomic mass is 32.2. The summed E-state index contributed by atoms with van der Waals surface area (Å²) in [6.07, 6.45) is -5.51. The number of hydrogen-bond acceptors (Lipinski definition) is 6. The number of carbonyl (C=O) groups is 2. The van der Waals surface area contributed by atoms with Crippen LogP contribution >= 0.6 is 0 Å². The molecule has 2 atom stereocenters. The predicted octanol–water partition coefficient (Wildman–Crippen LogP) is 1.74. The molecule has 13 heteroatoms. The summed E-state index contributed by atoms with van der Waals surface area (Å²) in [7, 11) is -3.90. The second-order valence-corrected chi connectivity index (χ2v) is 10.9. The topological polar surface area (TPSA) is 131 Å². The molecule has 0 aromatic heterocycles. The fourth-order valence-corrected chi connectivity index (χ4v) is 5.80. The Balaban J connectivity index is 1.45. The van der Waals surface area contributed by atoms with E-state index < -0.39 is 45.7 Å². The molecule has 37 heavy (non-hydrogen) atoms. The number of likely N-dealkylation sites (tertiary alicyclic amines) is 1. The number of hydrogen-bond donors (Lipinski definition) is 2. The molecule has 4 rings (SSSR count). The number of rotatable bonds is 6. The lowest BCUT2D eigenvalue weighted by atomic mass is 10.1. The molecule has 0 aliphatic carbocycles. The molecule has 0 unspecified atom stereocenters. The Labute approximate surface area is 211 Å². The van der Waals surface area contributed by atoms with Gasteiger partial charge >= 0.3 is 6.18 Å². The van der Waals surface area contributed by atoms with E-state index in [0.29, 0.717) is 5.56 Å². The van der Waals surface area contributed by atoms with E-state index in [2.05, 4.69) is 5.32 Å². The number of halogens is 3. The first-order valence-corrected chi connectivity index (χ1v) is 12.8. The lowest BCUT2D eigenvalue weighted by Crippen LogP contribution is -2.49. The minimum absolute atomic E-state index is 0.00747. The van der Waals surface area contributed by atoms with E-state index in [9.17, 15) is 36.3 Å². The highest BCUT2D eigenvalue weighted by Crippen LogP contribution is 2.29. The lowest BCUT2D eigenvalue weighted by molar-refractivity contribution is -0.137. The molecule has 0 saturated carbocycles. The maximum atomic E-state index is 13.2. The molecule has 0 bridgehead atoms. The molecule has 2 amide bonds. The van der Waals surface area contributed by atoms with E-state index in [-0.39, 0.29) is 49.0 Å². The number of benzene rings is 2. The Kier molecular flexibility index (Phi) is 7.27. The van der Waals surface area contributed by atoms with Gasteiger partial charge in [-0.25, -0.2) is 8.42 Å². The van der Waals surface area contributed by atoms with Crippen molar-refractivity contribution in [1.29, 1.82) is 5.26 Å². The zero-order valence-electron chi connectivity index (χ0n) is 19.4. The van der Waals surface area contributed by atoms with Crippen LogP contribution in [0.25, 0.3) is 0 Å². The maximum Gasteiger partial charge on any atom is 0.416 e. The lowest BCUT2D eigenvalue weighted by Gasteiger charge is -2.34. The third-order valence-corrected chi connectivity index (χ3v) is 8.17. The Hall–Kier alpha value is -3.47. The van der Waals surface area contributed by atoms with Gasteiger partial charge in [0.1, 0.15) is 6.04 Å². The molecule has 0 radical (unpaired) electrons. The van der Waals surface area contributed by atoms with E-state index in [1.165, 1.54) is 36.4 Å². The van der Waals surface area contributed by atoms with Crippen molar-refractivity contribution >= 4 is 21.8 Å². The molecule has 2 aromatic rings. The molecule has 2 heterocycles. The number of carbonyl (C=O) groups excluding carboxylic acids is 2. The van der Waals surface area contributed by atoms with Crippen molar-refractivity contribution in [3.8, 4) is 6.07 Å². The van der Waals surface area contributed by atoms with Crippen LogP contribution in [-0.4, -0.2) is 66.3 Å². The van der Waals surface area contributed by atoms with E-state index in [0.717, 1.165) is 21.3 Å². The van der Waals surface area contributed by atoms with Crippen LogP contribution in [0.3, 0.4) is 0 Å². The standard InChI is InChI=1S/C24H23F3N4O5S/c25-24(26,27)18-6-4-15(5-7-18)11-29-22(33)21-9-19(32)14-31(21)23(34)17-2-1-3-20(8-17)37(35,36)30-12-16(10-28)13-30/h1-8,16,19,21,32H,9,11-14H2,(H,29,33)/t19-,21-/m1/s1. The van der Waals surface area contributed by atoms with Crippen LogP contribution in [0.4, 0.5) is 13.2 Å². The minimum Gasteiger partial charge on any atom is -0.391 e. The molecular weight excluding hydrogens is 513 g/mol. The first-order valence-electron chi connectivity index (χ1n) is 11.3. The van der Waals surface area contributed by atoms with Crippen LogP contribution in [0.2, 0.25) is 0 Å². The van der Waals surface area contributed by atoms with Gasteiger partial charge in [-0.3, -0.25) is 9.59 Å². The monoisotopic (exact) mass is 536 g/mol. The Morgan fingerprint density at radius 2 is 1.78 bits per heavy atom. The van der Waals surface area contributed by atoms with Crippen molar-refractivity contribution in [2.45, 2.75) is 36.2 Å². The predicted molar refractivity (Wildman–Crippen MR) is 123 cm³/mol. The number of nitriles is 1. The summed E-state index contributed by atoms with van der Waals surface area (Å²) in [6.45, 7) is -0.101. The summed E-state index contributed by atoms with van der Waals surface area (Å²) >= 11 is 0. The summed E-state index contributed by atoms with van der Waals surface area (Å²) in [6, 6.07) is 10.5. The molecule has 196 valence electrons. The van der Waals surface area contributed by atoms with Crippen molar-refractivity contribution in [2.75, 3.05) is 19.6 Å². The number of aliphatic hydroxyl groups excluding tert-OH is 1. The number of aliphatic hydroxyl groups is 1. The number of sulfonamides is 1. The zero-order chi connectivity index (χ0) is 27.0. The van der Waals surface area contributed by atoms with Gasteiger partial charge in [0.15, 0.2) is 0 Å². The van der Waals surface area contributed by atoms with E-state index in [4.69, 9.17) is 5.26 Å². The SMILES string of the molecule is N#CC1CN(S(=O)(=O)c2cccc(C(=O)N3C[C@H](O)C[C@@H]3C(=O)NCc3ccc(C(F)(F)F)cc3)c2)C1. The first-order chi connectivity index (χ1) is 17.4. The number of amides is 2. The van der Waals surface area contributed by atoms with Crippen LogP contribution in [-0.2, 0) is 27.5 Å². The molecule has 0 spiro atoms. The van der Waals surface area contributed by atoms with Crippen molar-refractivity contribution < 1.29 is 36.3 Å². The van der Waals surface area contributed by atoms with Gasteiger partial charge in [0.2, 0.25) is 15.9 Å². The van der Waals surface area contributed by atoms with E-state index >= 15 is 0 Å². The van der Waals surface area contributed by atoms with Crippen LogP contribution in [0.5, 0.6) is 0 Å². The van der Waals surface area contributed by atoms with Crippen molar-refractivity contribution in [3.63, 3.8) is 0 Å². The zero-order valence-corrected chi connectivity index (χ0v) is 20.2. The third kappa shape index (κ3) is 5.61. The average molecular weight is 537 g/mol. The molecule has 2 aliphatic heterocycles. The van der Waals surface area contributed by atoms with Gasteiger partial charge in [-0.05, 0) is 35.9 Å². The van der Waals surface area contributed by atoms with Crippen LogP contribution in [0, 0.1) is 17.2 Å². The number of nitrogens with one attached hydrogen (secondary N) is 1. The van der Waals surface area contributed by atoms with Gasteiger partial charge in [0, 0.05) is 38.2 Å². The molecular formula is C24H23F3N4O5S. The van der Waals surface area contributed by atoms with Crippen LogP contribution < -0.4 is 5.32 Å². The Morgan fingerprint density at radius 1 is 1.11 bits per heavy atom. The van der Waals surface area contributed by atoms with Gasteiger partial charge in [-0.2, -0.15) is 22.7 Å². The fraction of sp³-hybridized carbons (Fsp3) is 0.375. The quantitative estimate of drug-likeness (QED) is 0.579. The summed E-state index contributed by atoms with van der Waals surface area (Å²) in [4.78, 5) is 27.1. The Bertz CT molecular complexity index is 1340. The van der Waals surface area contributed by atoms with Gasteiger partial charge in [-0.15, -0.1) is 0 Å². The number of nitrogens with zero attached hydrogens (tertiary/aromatic N) is 3. The Morgan fingerprint density at radius 3 is 2.41 bits per heavy atom. The smallest absolute Gasteiger partial charge is 0.391 e. The highest BCUT2D eigenvalue weighted by Gasteiger charge is 2.40. The molecule has 2 aromatic carbocycles. The summed E-state index contributed by atoms with van der Waals surface area (Å²) in [5, 5.41) is 21.6. The normalized spacial score (nSPS) is 20.8. The number of β-amino-alcohol motifs (C(OH)–C–C–N with tert-alkyl or cyclic N) is 1. The second kappa shape index (κ2) is 10.1. The van der Waals surface area contributed by atoms with Crippen LogP contribution in [0.15, 0.2) is 53.4 Å². The minimum atomic E-state index is -4.48. The van der Waals surface area contributed by atoms with Gasteiger partial charge < -0.3 is 15.3 Å². The van der Waals surface area contributed by atoms with E-state index in [1.54, 1.807) is 0 Å².